The maximum absolute atomic E-state index is 12.1. The number of hydrogen-bond donors (Lipinski definition) is 3. The Bertz CT molecular complexity index is 1140. The van der Waals surface area contributed by atoms with Crippen LogP contribution in [0.1, 0.15) is 28.8 Å². The molecule has 9 heteroatoms. The highest BCUT2D eigenvalue weighted by Gasteiger charge is 2.25. The number of anilines is 1. The number of aliphatic hydroxyl groups excluding tert-OH is 2. The van der Waals surface area contributed by atoms with Crippen molar-refractivity contribution < 1.29 is 19.7 Å². The number of allylic oxidation sites excluding steroid dienone is 1. The summed E-state index contributed by atoms with van der Waals surface area (Å²) in [7, 11) is 0. The SMILES string of the molecule is C=CC(=O)N1CCN(c2nc(OCCCO)nc3c2CCc2ccccc2/C=C(O)\C=C\NC3)CC1. The van der Waals surface area contributed by atoms with E-state index in [1.807, 2.05) is 18.2 Å². The van der Waals surface area contributed by atoms with E-state index in [2.05, 4.69) is 22.9 Å². The largest absolute Gasteiger partial charge is 0.508 e. The van der Waals surface area contributed by atoms with Crippen molar-refractivity contribution in [2.45, 2.75) is 25.8 Å². The Labute approximate surface area is 211 Å². The fraction of sp³-hybridized carbons (Fsp3) is 0.370. The van der Waals surface area contributed by atoms with Crippen molar-refractivity contribution in [3.63, 3.8) is 0 Å². The molecule has 2 aromatic rings. The second-order valence-electron chi connectivity index (χ2n) is 8.68. The summed E-state index contributed by atoms with van der Waals surface area (Å²) in [6, 6.07) is 8.28. The number of carbonyl (C=O) groups excluding carboxylic acids is 1. The normalized spacial score (nSPS) is 18.3. The van der Waals surface area contributed by atoms with Crippen LogP contribution in [-0.4, -0.2) is 70.4 Å². The second kappa shape index (κ2) is 12.2. The lowest BCUT2D eigenvalue weighted by molar-refractivity contribution is -0.126. The van der Waals surface area contributed by atoms with Gasteiger partial charge in [-0.1, -0.05) is 30.8 Å². The first kappa shape index (κ1) is 25.2. The van der Waals surface area contributed by atoms with Gasteiger partial charge in [0.1, 0.15) is 11.6 Å². The number of nitrogens with one attached hydrogen (secondary N) is 1. The topological polar surface area (TPSA) is 111 Å². The van der Waals surface area contributed by atoms with E-state index in [4.69, 9.17) is 19.8 Å². The summed E-state index contributed by atoms with van der Waals surface area (Å²) in [6.07, 6.45) is 8.37. The zero-order valence-corrected chi connectivity index (χ0v) is 20.4. The third-order valence-electron chi connectivity index (χ3n) is 6.29. The van der Waals surface area contributed by atoms with Gasteiger partial charge in [-0.15, -0.1) is 0 Å². The number of aromatic nitrogens is 2. The molecule has 1 fully saturated rings. The Balaban J connectivity index is 1.70. The van der Waals surface area contributed by atoms with Crippen molar-refractivity contribution in [3.05, 3.63) is 77.3 Å². The number of benzene rings is 1. The average molecular weight is 492 g/mol. The number of amides is 1. The van der Waals surface area contributed by atoms with E-state index in [1.54, 1.807) is 23.3 Å². The maximum Gasteiger partial charge on any atom is 0.318 e. The Morgan fingerprint density at radius 2 is 1.97 bits per heavy atom. The zero-order chi connectivity index (χ0) is 25.3. The molecule has 0 unspecified atom stereocenters. The number of piperazine rings is 1. The van der Waals surface area contributed by atoms with E-state index in [-0.39, 0.29) is 24.3 Å². The number of fused-ring (bicyclic) bond motifs is 2. The highest BCUT2D eigenvalue weighted by atomic mass is 16.5. The van der Waals surface area contributed by atoms with Crippen LogP contribution in [0.2, 0.25) is 0 Å². The molecule has 36 heavy (non-hydrogen) atoms. The second-order valence-corrected chi connectivity index (χ2v) is 8.68. The summed E-state index contributed by atoms with van der Waals surface area (Å²) in [4.78, 5) is 25.6. The first-order valence-corrected chi connectivity index (χ1v) is 12.3. The summed E-state index contributed by atoms with van der Waals surface area (Å²) in [6.45, 7) is 6.81. The summed E-state index contributed by atoms with van der Waals surface area (Å²) >= 11 is 0. The van der Waals surface area contributed by atoms with E-state index < -0.39 is 0 Å². The molecule has 1 saturated heterocycles. The van der Waals surface area contributed by atoms with Crippen molar-refractivity contribution in [2.24, 2.45) is 0 Å². The van der Waals surface area contributed by atoms with Gasteiger partial charge in [0.2, 0.25) is 5.91 Å². The molecule has 0 saturated carbocycles. The molecule has 2 aliphatic heterocycles. The first-order valence-electron chi connectivity index (χ1n) is 12.3. The number of carbonyl (C=O) groups is 1. The molecule has 1 aromatic heterocycles. The average Bonchev–Trinajstić information content (AvgIpc) is 2.90. The minimum Gasteiger partial charge on any atom is -0.508 e. The molecular formula is C27H33N5O4. The van der Waals surface area contributed by atoms with Gasteiger partial charge >= 0.3 is 6.01 Å². The van der Waals surface area contributed by atoms with Crippen LogP contribution >= 0.6 is 0 Å². The smallest absolute Gasteiger partial charge is 0.318 e. The number of aryl methyl sites for hydroxylation is 1. The van der Waals surface area contributed by atoms with Crippen LogP contribution in [0.25, 0.3) is 6.08 Å². The van der Waals surface area contributed by atoms with Gasteiger partial charge in [-0.25, -0.2) is 0 Å². The minimum absolute atomic E-state index is 0.0276. The Morgan fingerprint density at radius 3 is 2.75 bits per heavy atom. The molecule has 1 amide bonds. The van der Waals surface area contributed by atoms with Gasteiger partial charge in [0, 0.05) is 51.0 Å². The summed E-state index contributed by atoms with van der Waals surface area (Å²) in [5.74, 6) is 0.909. The van der Waals surface area contributed by atoms with Crippen LogP contribution in [0.4, 0.5) is 5.82 Å². The maximum atomic E-state index is 12.1. The summed E-state index contributed by atoms with van der Waals surface area (Å²) in [5.41, 5.74) is 3.92. The lowest BCUT2D eigenvalue weighted by atomic mass is 9.98. The van der Waals surface area contributed by atoms with E-state index in [1.165, 1.54) is 6.08 Å². The van der Waals surface area contributed by atoms with E-state index in [9.17, 15) is 9.90 Å². The molecule has 2 aliphatic rings. The number of ether oxygens (including phenoxy) is 1. The predicted molar refractivity (Wildman–Crippen MR) is 139 cm³/mol. The van der Waals surface area contributed by atoms with Crippen LogP contribution in [0.5, 0.6) is 6.01 Å². The molecule has 0 atom stereocenters. The zero-order valence-electron chi connectivity index (χ0n) is 20.4. The highest BCUT2D eigenvalue weighted by molar-refractivity contribution is 5.87. The van der Waals surface area contributed by atoms with Crippen molar-refractivity contribution >= 4 is 17.8 Å². The van der Waals surface area contributed by atoms with Crippen molar-refractivity contribution in [1.82, 2.24) is 20.2 Å². The van der Waals surface area contributed by atoms with Gasteiger partial charge in [0.05, 0.1) is 18.8 Å². The minimum atomic E-state index is -0.0652. The van der Waals surface area contributed by atoms with Crippen LogP contribution in [0.15, 0.2) is 55.0 Å². The fourth-order valence-electron chi connectivity index (χ4n) is 4.39. The lowest BCUT2D eigenvalue weighted by Crippen LogP contribution is -2.49. The number of rotatable bonds is 6. The standard InChI is InChI=1S/C27H33N5O4/c1-2-25(35)31-12-14-32(15-13-31)26-23-9-8-20-6-3-4-7-21(20)18-22(34)10-11-28-19-24(23)29-27(30-26)36-17-5-16-33/h2-4,6-7,10-11,18,28,33-34H,1,5,8-9,12-17,19H2/b11-10+,22-18+. The molecule has 190 valence electrons. The monoisotopic (exact) mass is 491 g/mol. The van der Waals surface area contributed by atoms with Gasteiger partial charge in [-0.05, 0) is 42.2 Å². The Kier molecular flexibility index (Phi) is 8.57. The molecule has 0 aliphatic carbocycles. The van der Waals surface area contributed by atoms with E-state index >= 15 is 0 Å². The van der Waals surface area contributed by atoms with Crippen LogP contribution < -0.4 is 15.0 Å². The predicted octanol–water partition coefficient (Wildman–Crippen LogP) is 2.37. The Morgan fingerprint density at radius 1 is 1.17 bits per heavy atom. The summed E-state index contributed by atoms with van der Waals surface area (Å²) < 4.78 is 5.79. The van der Waals surface area contributed by atoms with Gasteiger partial charge in [-0.3, -0.25) is 4.79 Å². The lowest BCUT2D eigenvalue weighted by Gasteiger charge is -2.36. The number of nitrogens with zero attached hydrogens (tertiary/aromatic N) is 4. The van der Waals surface area contributed by atoms with Crippen LogP contribution in [0, 0.1) is 0 Å². The third kappa shape index (κ3) is 6.23. The molecule has 0 spiro atoms. The van der Waals surface area contributed by atoms with Crippen LogP contribution in [0.3, 0.4) is 0 Å². The molecule has 4 rings (SSSR count). The van der Waals surface area contributed by atoms with Gasteiger partial charge < -0.3 is 30.1 Å². The highest BCUT2D eigenvalue weighted by Crippen LogP contribution is 2.28. The van der Waals surface area contributed by atoms with E-state index in [0.29, 0.717) is 52.2 Å². The molecule has 9 nitrogen and oxygen atoms in total. The number of hydrogen-bond acceptors (Lipinski definition) is 8. The van der Waals surface area contributed by atoms with E-state index in [0.717, 1.165) is 34.6 Å². The molecule has 3 N–H and O–H groups in total. The third-order valence-corrected chi connectivity index (χ3v) is 6.29. The van der Waals surface area contributed by atoms with Crippen molar-refractivity contribution in [1.29, 1.82) is 0 Å². The van der Waals surface area contributed by atoms with Crippen molar-refractivity contribution in [2.75, 3.05) is 44.3 Å². The summed E-state index contributed by atoms with van der Waals surface area (Å²) in [5, 5.41) is 22.7. The molecule has 1 aromatic carbocycles. The molecular weight excluding hydrogens is 458 g/mol. The number of aliphatic hydroxyl groups is 2. The Hall–Kier alpha value is -3.85. The van der Waals surface area contributed by atoms with Crippen LogP contribution in [-0.2, 0) is 24.2 Å². The van der Waals surface area contributed by atoms with Crippen molar-refractivity contribution in [3.8, 4) is 6.01 Å². The first-order chi connectivity index (χ1) is 17.6. The van der Waals surface area contributed by atoms with Gasteiger partial charge in [0.15, 0.2) is 0 Å². The molecule has 3 heterocycles. The molecule has 0 bridgehead atoms. The van der Waals surface area contributed by atoms with Gasteiger partial charge in [-0.2, -0.15) is 9.97 Å². The van der Waals surface area contributed by atoms with Gasteiger partial charge in [0.25, 0.3) is 0 Å². The molecule has 0 radical (unpaired) electrons. The quantitative estimate of drug-likeness (QED) is 0.417. The fourth-order valence-corrected chi connectivity index (χ4v) is 4.39.